The molecule has 0 radical (unpaired) electrons. The fraction of sp³-hybridized carbons (Fsp3) is 0.458. The van der Waals surface area contributed by atoms with Crippen molar-refractivity contribution in [3.63, 3.8) is 0 Å². The van der Waals surface area contributed by atoms with Gasteiger partial charge in [-0.15, -0.1) is 0 Å². The number of para-hydroxylation sites is 1. The van der Waals surface area contributed by atoms with Crippen molar-refractivity contribution in [2.75, 3.05) is 31.5 Å². The maximum atomic E-state index is 13.1. The molecule has 1 saturated heterocycles. The van der Waals surface area contributed by atoms with Crippen LogP contribution in [0.1, 0.15) is 44.2 Å². The van der Waals surface area contributed by atoms with Crippen molar-refractivity contribution in [1.29, 1.82) is 0 Å². The zero-order valence-corrected chi connectivity index (χ0v) is 19.7. The van der Waals surface area contributed by atoms with Crippen LogP contribution < -0.4 is 5.32 Å². The second-order valence-electron chi connectivity index (χ2n) is 8.30. The molecule has 1 aliphatic heterocycles. The van der Waals surface area contributed by atoms with Crippen LogP contribution in [-0.2, 0) is 14.8 Å². The predicted molar refractivity (Wildman–Crippen MR) is 125 cm³/mol. The van der Waals surface area contributed by atoms with Gasteiger partial charge in [0.25, 0.3) is 0 Å². The largest absolute Gasteiger partial charge is 0.324 e. The average molecular weight is 444 g/mol. The molecule has 3 rings (SSSR count). The number of nitrogens with zero attached hydrogens (tertiary/aromatic N) is 2. The van der Waals surface area contributed by atoms with Crippen molar-refractivity contribution in [3.05, 3.63) is 59.7 Å². The first kappa shape index (κ1) is 23.4. The topological polar surface area (TPSA) is 69.7 Å². The Morgan fingerprint density at radius 1 is 1.00 bits per heavy atom. The van der Waals surface area contributed by atoms with E-state index in [1.165, 1.54) is 4.31 Å². The summed E-state index contributed by atoms with van der Waals surface area (Å²) in [5.74, 6) is 0.332. The predicted octanol–water partition coefficient (Wildman–Crippen LogP) is 3.84. The first-order valence-electron chi connectivity index (χ1n) is 10.9. The molecule has 2 aromatic carbocycles. The molecule has 0 saturated carbocycles. The molecule has 6 nitrogen and oxygen atoms in total. The molecule has 0 spiro atoms. The highest BCUT2D eigenvalue weighted by atomic mass is 32.2. The van der Waals surface area contributed by atoms with Gasteiger partial charge in [-0.1, -0.05) is 44.2 Å². The Morgan fingerprint density at radius 2 is 1.61 bits per heavy atom. The van der Waals surface area contributed by atoms with Gasteiger partial charge in [-0.05, 0) is 55.5 Å². The Kier molecular flexibility index (Phi) is 7.51. The standard InChI is InChI=1S/C24H33N3O3S/c1-5-18(2)21-10-12-22(13-11-21)31(29,30)27-16-14-26(15-17-27)20(4)24(28)25-23-9-7-6-8-19(23)3/h6-13,18,20H,5,14-17H2,1-4H3,(H,25,28)/t18-,20-/m0/s1. The number of carbonyl (C=O) groups excluding carboxylic acids is 1. The molecule has 1 aliphatic rings. The number of amides is 1. The third kappa shape index (κ3) is 5.34. The summed E-state index contributed by atoms with van der Waals surface area (Å²) in [4.78, 5) is 15.1. The SMILES string of the molecule is CC[C@H](C)c1ccc(S(=O)(=O)N2CCN([C@@H](C)C(=O)Nc3ccccc3C)CC2)cc1. The molecule has 2 atom stereocenters. The molecular formula is C24H33N3O3S. The van der Waals surface area contributed by atoms with Gasteiger partial charge in [0.2, 0.25) is 15.9 Å². The van der Waals surface area contributed by atoms with Gasteiger partial charge >= 0.3 is 0 Å². The summed E-state index contributed by atoms with van der Waals surface area (Å²) in [6, 6.07) is 14.6. The van der Waals surface area contributed by atoms with Crippen molar-refractivity contribution < 1.29 is 13.2 Å². The summed E-state index contributed by atoms with van der Waals surface area (Å²) in [6.45, 7) is 9.87. The third-order valence-corrected chi connectivity index (χ3v) is 8.22. The van der Waals surface area contributed by atoms with Gasteiger partial charge in [0.1, 0.15) is 0 Å². The lowest BCUT2D eigenvalue weighted by molar-refractivity contribution is -0.121. The van der Waals surface area contributed by atoms with Crippen LogP contribution in [0, 0.1) is 6.92 Å². The molecule has 1 fully saturated rings. The van der Waals surface area contributed by atoms with Crippen LogP contribution in [0.5, 0.6) is 0 Å². The van der Waals surface area contributed by atoms with E-state index in [-0.39, 0.29) is 11.9 Å². The van der Waals surface area contributed by atoms with Gasteiger partial charge < -0.3 is 5.32 Å². The van der Waals surface area contributed by atoms with Gasteiger partial charge in [0, 0.05) is 31.9 Å². The molecular weight excluding hydrogens is 410 g/mol. The molecule has 0 unspecified atom stereocenters. The summed E-state index contributed by atoms with van der Waals surface area (Å²) in [6.07, 6.45) is 1.02. The third-order valence-electron chi connectivity index (χ3n) is 6.30. The van der Waals surface area contributed by atoms with E-state index in [1.807, 2.05) is 55.1 Å². The Labute approximate surface area is 186 Å². The van der Waals surface area contributed by atoms with Crippen molar-refractivity contribution in [2.45, 2.75) is 51.0 Å². The number of nitrogens with one attached hydrogen (secondary N) is 1. The second kappa shape index (κ2) is 9.94. The zero-order valence-electron chi connectivity index (χ0n) is 18.8. The minimum Gasteiger partial charge on any atom is -0.324 e. The quantitative estimate of drug-likeness (QED) is 0.706. The molecule has 0 aromatic heterocycles. The van der Waals surface area contributed by atoms with Crippen molar-refractivity contribution in [2.24, 2.45) is 0 Å². The van der Waals surface area contributed by atoms with E-state index in [4.69, 9.17) is 0 Å². The Balaban J connectivity index is 1.60. The fourth-order valence-electron chi connectivity index (χ4n) is 3.80. The molecule has 31 heavy (non-hydrogen) atoms. The minimum atomic E-state index is -3.53. The lowest BCUT2D eigenvalue weighted by Crippen LogP contribution is -2.53. The van der Waals surface area contributed by atoms with Crippen LogP contribution >= 0.6 is 0 Å². The number of sulfonamides is 1. The number of aryl methyl sites for hydroxylation is 1. The Hall–Kier alpha value is -2.22. The number of hydrogen-bond acceptors (Lipinski definition) is 4. The van der Waals surface area contributed by atoms with Crippen molar-refractivity contribution in [3.8, 4) is 0 Å². The molecule has 0 bridgehead atoms. The highest BCUT2D eigenvalue weighted by Gasteiger charge is 2.32. The van der Waals surface area contributed by atoms with Gasteiger partial charge in [0.15, 0.2) is 0 Å². The number of carbonyl (C=O) groups is 1. The van der Waals surface area contributed by atoms with Crippen LogP contribution in [0.4, 0.5) is 5.69 Å². The van der Waals surface area contributed by atoms with Gasteiger partial charge in [-0.3, -0.25) is 9.69 Å². The summed E-state index contributed by atoms with van der Waals surface area (Å²) >= 11 is 0. The summed E-state index contributed by atoms with van der Waals surface area (Å²) < 4.78 is 27.6. The number of benzene rings is 2. The van der Waals surface area contributed by atoms with Crippen LogP contribution in [0.15, 0.2) is 53.4 Å². The zero-order chi connectivity index (χ0) is 22.6. The van der Waals surface area contributed by atoms with Crippen LogP contribution in [0.25, 0.3) is 0 Å². The highest BCUT2D eigenvalue weighted by Crippen LogP contribution is 2.23. The Morgan fingerprint density at radius 3 is 2.19 bits per heavy atom. The molecule has 0 aliphatic carbocycles. The van der Waals surface area contributed by atoms with E-state index in [9.17, 15) is 13.2 Å². The maximum absolute atomic E-state index is 13.1. The van der Waals surface area contributed by atoms with E-state index in [0.717, 1.165) is 23.2 Å². The summed E-state index contributed by atoms with van der Waals surface area (Å²) in [5.41, 5.74) is 2.97. The molecule has 1 heterocycles. The summed E-state index contributed by atoms with van der Waals surface area (Å²) in [7, 11) is -3.53. The molecule has 168 valence electrons. The van der Waals surface area contributed by atoms with Crippen LogP contribution in [0.3, 0.4) is 0 Å². The van der Waals surface area contributed by atoms with E-state index in [2.05, 4.69) is 19.2 Å². The van der Waals surface area contributed by atoms with Crippen molar-refractivity contribution in [1.82, 2.24) is 9.21 Å². The fourth-order valence-corrected chi connectivity index (χ4v) is 5.22. The lowest BCUT2D eigenvalue weighted by Gasteiger charge is -2.36. The van der Waals surface area contributed by atoms with Crippen molar-refractivity contribution >= 4 is 21.6 Å². The lowest BCUT2D eigenvalue weighted by atomic mass is 9.99. The van der Waals surface area contributed by atoms with E-state index >= 15 is 0 Å². The van der Waals surface area contributed by atoms with Gasteiger partial charge in [-0.2, -0.15) is 4.31 Å². The number of piperazine rings is 1. The van der Waals surface area contributed by atoms with Crippen LogP contribution in [0.2, 0.25) is 0 Å². The first-order valence-corrected chi connectivity index (χ1v) is 12.4. The number of rotatable bonds is 7. The number of hydrogen-bond donors (Lipinski definition) is 1. The van der Waals surface area contributed by atoms with Gasteiger partial charge in [0.05, 0.1) is 10.9 Å². The molecule has 2 aromatic rings. The van der Waals surface area contributed by atoms with E-state index < -0.39 is 10.0 Å². The molecule has 1 amide bonds. The average Bonchev–Trinajstić information content (AvgIpc) is 2.79. The number of anilines is 1. The molecule has 1 N–H and O–H groups in total. The maximum Gasteiger partial charge on any atom is 0.243 e. The normalized spacial score (nSPS) is 17.8. The smallest absolute Gasteiger partial charge is 0.243 e. The van der Waals surface area contributed by atoms with E-state index in [0.29, 0.717) is 37.0 Å². The first-order chi connectivity index (χ1) is 14.7. The second-order valence-corrected chi connectivity index (χ2v) is 10.2. The van der Waals surface area contributed by atoms with E-state index in [1.54, 1.807) is 12.1 Å². The molecule has 7 heteroatoms. The highest BCUT2D eigenvalue weighted by molar-refractivity contribution is 7.89. The Bertz CT molecular complexity index is 997. The minimum absolute atomic E-state index is 0.0776. The monoisotopic (exact) mass is 443 g/mol. The summed E-state index contributed by atoms with van der Waals surface area (Å²) in [5, 5.41) is 2.98. The van der Waals surface area contributed by atoms with Crippen LogP contribution in [-0.4, -0.2) is 55.8 Å². The van der Waals surface area contributed by atoms with Gasteiger partial charge in [-0.25, -0.2) is 8.42 Å².